The first kappa shape index (κ1) is 12.1. The molecule has 1 heterocycles. The first-order valence-electron chi connectivity index (χ1n) is 5.69. The van der Waals surface area contributed by atoms with Crippen molar-refractivity contribution >= 4 is 33.0 Å². The van der Waals surface area contributed by atoms with Crippen LogP contribution in [-0.4, -0.2) is 5.78 Å². The lowest BCUT2D eigenvalue weighted by Crippen LogP contribution is -2.01. The number of thiophene rings is 1. The topological polar surface area (TPSA) is 17.1 Å². The van der Waals surface area contributed by atoms with Crippen molar-refractivity contribution in [3.63, 3.8) is 0 Å². The molecule has 0 aromatic carbocycles. The lowest BCUT2D eigenvalue weighted by Gasteiger charge is -2.12. The molecule has 1 aliphatic carbocycles. The Bertz CT molecular complexity index is 398. The molecule has 1 aliphatic rings. The van der Waals surface area contributed by atoms with E-state index in [1.54, 1.807) is 11.3 Å². The second-order valence-corrected chi connectivity index (χ2v) is 6.15. The summed E-state index contributed by atoms with van der Waals surface area (Å²) in [4.78, 5) is 12.9. The largest absolute Gasteiger partial charge is 0.294 e. The van der Waals surface area contributed by atoms with Gasteiger partial charge in [-0.3, -0.25) is 4.79 Å². The molecule has 0 atom stereocenters. The molecule has 0 bridgehead atoms. The van der Waals surface area contributed by atoms with Gasteiger partial charge in [-0.05, 0) is 53.8 Å². The average Bonchev–Trinajstić information content (AvgIpc) is 2.65. The van der Waals surface area contributed by atoms with E-state index in [0.717, 1.165) is 22.2 Å². The van der Waals surface area contributed by atoms with Gasteiger partial charge >= 0.3 is 0 Å². The quantitative estimate of drug-likeness (QED) is 0.750. The number of carbonyl (C=O) groups excluding carboxylic acids is 1. The van der Waals surface area contributed by atoms with E-state index < -0.39 is 0 Å². The van der Waals surface area contributed by atoms with E-state index in [-0.39, 0.29) is 5.78 Å². The number of rotatable bonds is 3. The van der Waals surface area contributed by atoms with Crippen molar-refractivity contribution in [2.45, 2.75) is 38.5 Å². The summed E-state index contributed by atoms with van der Waals surface area (Å²) in [7, 11) is 0. The zero-order valence-electron chi connectivity index (χ0n) is 9.17. The molecule has 1 fully saturated rings. The molecule has 1 saturated carbocycles. The highest BCUT2D eigenvalue weighted by Gasteiger charge is 2.08. The summed E-state index contributed by atoms with van der Waals surface area (Å²) in [5.41, 5.74) is 1.35. The molecular formula is C13H15BrOS. The van der Waals surface area contributed by atoms with Crippen LogP contribution in [0.15, 0.2) is 27.6 Å². The highest BCUT2D eigenvalue weighted by atomic mass is 79.9. The van der Waals surface area contributed by atoms with E-state index in [4.69, 9.17) is 0 Å². The maximum atomic E-state index is 11.8. The third-order valence-electron chi connectivity index (χ3n) is 2.83. The van der Waals surface area contributed by atoms with Crippen molar-refractivity contribution in [2.24, 2.45) is 0 Å². The minimum Gasteiger partial charge on any atom is -0.294 e. The summed E-state index contributed by atoms with van der Waals surface area (Å²) in [5, 5.41) is 2.02. The summed E-state index contributed by atoms with van der Waals surface area (Å²) >= 11 is 5.05. The Kier molecular flexibility index (Phi) is 4.36. The van der Waals surface area contributed by atoms with Gasteiger partial charge in [0.1, 0.15) is 0 Å². The Labute approximate surface area is 109 Å². The Morgan fingerprint density at radius 1 is 1.38 bits per heavy atom. The molecule has 3 heteroatoms. The van der Waals surface area contributed by atoms with Crippen LogP contribution in [0.25, 0.3) is 0 Å². The molecule has 1 aromatic heterocycles. The first-order chi connectivity index (χ1) is 7.74. The number of halogens is 1. The van der Waals surface area contributed by atoms with Gasteiger partial charge in [0, 0.05) is 21.2 Å². The molecule has 0 amide bonds. The van der Waals surface area contributed by atoms with Crippen LogP contribution in [0, 0.1) is 0 Å². The van der Waals surface area contributed by atoms with Crippen LogP contribution < -0.4 is 0 Å². The van der Waals surface area contributed by atoms with E-state index in [2.05, 4.69) is 15.9 Å². The van der Waals surface area contributed by atoms with Crippen molar-refractivity contribution in [2.75, 3.05) is 0 Å². The third-order valence-corrected chi connectivity index (χ3v) is 4.53. The predicted molar refractivity (Wildman–Crippen MR) is 71.9 cm³/mol. The van der Waals surface area contributed by atoms with Gasteiger partial charge in [-0.25, -0.2) is 0 Å². The van der Waals surface area contributed by atoms with Crippen molar-refractivity contribution < 1.29 is 4.79 Å². The predicted octanol–water partition coefficient (Wildman–Crippen LogP) is 4.51. The second kappa shape index (κ2) is 5.78. The van der Waals surface area contributed by atoms with Gasteiger partial charge in [-0.15, -0.1) is 11.3 Å². The lowest BCUT2D eigenvalue weighted by molar-refractivity contribution is -0.114. The molecule has 86 valence electrons. The Morgan fingerprint density at radius 3 is 2.75 bits per heavy atom. The Morgan fingerprint density at radius 2 is 2.12 bits per heavy atom. The van der Waals surface area contributed by atoms with Gasteiger partial charge in [0.25, 0.3) is 0 Å². The summed E-state index contributed by atoms with van der Waals surface area (Å²) in [6, 6.07) is 2.03. The van der Waals surface area contributed by atoms with Crippen molar-refractivity contribution in [1.29, 1.82) is 0 Å². The van der Waals surface area contributed by atoms with E-state index >= 15 is 0 Å². The molecule has 0 saturated heterocycles. The van der Waals surface area contributed by atoms with Crippen LogP contribution >= 0.6 is 27.3 Å². The monoisotopic (exact) mass is 298 g/mol. The molecule has 2 rings (SSSR count). The summed E-state index contributed by atoms with van der Waals surface area (Å²) in [6.45, 7) is 0. The number of hydrogen-bond acceptors (Lipinski definition) is 2. The molecule has 0 aliphatic heterocycles. The van der Waals surface area contributed by atoms with Crippen LogP contribution in [0.2, 0.25) is 0 Å². The van der Waals surface area contributed by atoms with Gasteiger partial charge in [0.15, 0.2) is 5.78 Å². The molecule has 16 heavy (non-hydrogen) atoms. The maximum Gasteiger partial charge on any atom is 0.160 e. The highest BCUT2D eigenvalue weighted by Crippen LogP contribution is 2.24. The maximum absolute atomic E-state index is 11.8. The van der Waals surface area contributed by atoms with E-state index in [9.17, 15) is 4.79 Å². The normalized spacial score (nSPS) is 16.2. The van der Waals surface area contributed by atoms with E-state index in [1.165, 1.54) is 24.8 Å². The lowest BCUT2D eigenvalue weighted by atomic mass is 9.94. The van der Waals surface area contributed by atoms with Gasteiger partial charge in [0.2, 0.25) is 0 Å². The van der Waals surface area contributed by atoms with Crippen molar-refractivity contribution in [3.8, 4) is 0 Å². The van der Waals surface area contributed by atoms with Gasteiger partial charge in [-0.2, -0.15) is 0 Å². The first-order valence-corrected chi connectivity index (χ1v) is 7.36. The van der Waals surface area contributed by atoms with Crippen molar-refractivity contribution in [3.05, 3.63) is 32.4 Å². The molecule has 0 N–H and O–H groups in total. The smallest absolute Gasteiger partial charge is 0.160 e. The summed E-state index contributed by atoms with van der Waals surface area (Å²) in [6.07, 6.45) is 8.52. The minimum atomic E-state index is 0.256. The fourth-order valence-corrected chi connectivity index (χ4v) is 3.51. The number of allylic oxidation sites excluding steroid dienone is 2. The molecule has 1 nitrogen and oxygen atoms in total. The van der Waals surface area contributed by atoms with Crippen molar-refractivity contribution in [1.82, 2.24) is 0 Å². The highest BCUT2D eigenvalue weighted by molar-refractivity contribution is 9.10. The molecule has 0 spiro atoms. The summed E-state index contributed by atoms with van der Waals surface area (Å²) < 4.78 is 1.07. The van der Waals surface area contributed by atoms with E-state index in [1.807, 2.05) is 17.5 Å². The molecule has 0 unspecified atom stereocenters. The second-order valence-electron chi connectivity index (χ2n) is 4.24. The number of ketones is 1. The van der Waals surface area contributed by atoms with Gasteiger partial charge in [0.05, 0.1) is 0 Å². The van der Waals surface area contributed by atoms with Crippen LogP contribution in [0.4, 0.5) is 0 Å². The third kappa shape index (κ3) is 3.56. The SMILES string of the molecule is O=C(C=C1CCCCC1)Cc1cc(Br)cs1. The van der Waals surface area contributed by atoms with Crippen LogP contribution in [0.3, 0.4) is 0 Å². The standard InChI is InChI=1S/C13H15BrOS/c14-11-7-13(16-9-11)8-12(15)6-10-4-2-1-3-5-10/h6-7,9H,1-5,8H2. The van der Waals surface area contributed by atoms with Gasteiger partial charge in [-0.1, -0.05) is 12.0 Å². The van der Waals surface area contributed by atoms with E-state index in [0.29, 0.717) is 6.42 Å². The molecular weight excluding hydrogens is 284 g/mol. The van der Waals surface area contributed by atoms with Crippen LogP contribution in [0.1, 0.15) is 37.0 Å². The number of carbonyl (C=O) groups is 1. The minimum absolute atomic E-state index is 0.256. The molecule has 0 radical (unpaired) electrons. The fraction of sp³-hybridized carbons (Fsp3) is 0.462. The summed E-state index contributed by atoms with van der Waals surface area (Å²) in [5.74, 6) is 0.256. The zero-order valence-corrected chi connectivity index (χ0v) is 11.6. The average molecular weight is 299 g/mol. The number of hydrogen-bond donors (Lipinski definition) is 0. The molecule has 1 aromatic rings. The van der Waals surface area contributed by atoms with Gasteiger partial charge < -0.3 is 0 Å². The van der Waals surface area contributed by atoms with Crippen LogP contribution in [-0.2, 0) is 11.2 Å². The van der Waals surface area contributed by atoms with Crippen LogP contribution in [0.5, 0.6) is 0 Å². The Hall–Kier alpha value is -0.410. The Balaban J connectivity index is 1.92. The zero-order chi connectivity index (χ0) is 11.4. The fourth-order valence-electron chi connectivity index (χ4n) is 2.05.